The van der Waals surface area contributed by atoms with Crippen LogP contribution in [0.2, 0.25) is 0 Å². The minimum absolute atomic E-state index is 0.0352. The van der Waals surface area contributed by atoms with Crippen LogP contribution in [0.1, 0.15) is 27.5 Å². The predicted octanol–water partition coefficient (Wildman–Crippen LogP) is 3.16. The molecule has 3 rings (SSSR count). The van der Waals surface area contributed by atoms with Gasteiger partial charge in [0.25, 0.3) is 5.91 Å². The summed E-state index contributed by atoms with van der Waals surface area (Å²) in [6, 6.07) is 15.5. The maximum atomic E-state index is 13.1. The normalized spacial score (nSPS) is 16.3. The molecule has 1 atom stereocenters. The SMILES string of the molecule is Cc1ccccc1C(=O)N1CCN(C(C#N)c2ccc(F)cc2)CC1. The largest absolute Gasteiger partial charge is 0.336 e. The molecule has 0 N–H and O–H groups in total. The first-order valence-electron chi connectivity index (χ1n) is 8.34. The van der Waals surface area contributed by atoms with Crippen LogP contribution < -0.4 is 0 Å². The molecule has 0 aromatic heterocycles. The molecule has 1 amide bonds. The number of aryl methyl sites for hydroxylation is 1. The first-order valence-corrected chi connectivity index (χ1v) is 8.34. The highest BCUT2D eigenvalue weighted by Gasteiger charge is 2.27. The molecule has 1 aliphatic heterocycles. The van der Waals surface area contributed by atoms with Crippen LogP contribution in [-0.2, 0) is 0 Å². The number of carbonyl (C=O) groups excluding carboxylic acids is 1. The molecule has 4 nitrogen and oxygen atoms in total. The molecule has 1 aliphatic rings. The van der Waals surface area contributed by atoms with E-state index in [0.717, 1.165) is 16.7 Å². The summed E-state index contributed by atoms with van der Waals surface area (Å²) < 4.78 is 13.1. The monoisotopic (exact) mass is 337 g/mol. The summed E-state index contributed by atoms with van der Waals surface area (Å²) in [5.74, 6) is -0.276. The summed E-state index contributed by atoms with van der Waals surface area (Å²) in [4.78, 5) is 16.5. The van der Waals surface area contributed by atoms with Crippen LogP contribution in [0.15, 0.2) is 48.5 Å². The van der Waals surface area contributed by atoms with Crippen LogP contribution in [0.4, 0.5) is 4.39 Å². The number of hydrogen-bond donors (Lipinski definition) is 0. The number of halogens is 1. The Balaban J connectivity index is 1.67. The highest BCUT2D eigenvalue weighted by atomic mass is 19.1. The van der Waals surface area contributed by atoms with E-state index in [9.17, 15) is 14.4 Å². The quantitative estimate of drug-likeness (QED) is 0.864. The fourth-order valence-corrected chi connectivity index (χ4v) is 3.18. The van der Waals surface area contributed by atoms with Crippen molar-refractivity contribution in [3.05, 3.63) is 71.0 Å². The van der Waals surface area contributed by atoms with E-state index < -0.39 is 6.04 Å². The average Bonchev–Trinajstić information content (AvgIpc) is 2.64. The van der Waals surface area contributed by atoms with Gasteiger partial charge in [0.2, 0.25) is 0 Å². The van der Waals surface area contributed by atoms with Gasteiger partial charge in [0, 0.05) is 31.7 Å². The number of hydrogen-bond acceptors (Lipinski definition) is 3. The zero-order valence-corrected chi connectivity index (χ0v) is 14.2. The minimum atomic E-state index is -0.420. The van der Waals surface area contributed by atoms with Crippen molar-refractivity contribution in [2.24, 2.45) is 0 Å². The van der Waals surface area contributed by atoms with Gasteiger partial charge in [-0.25, -0.2) is 4.39 Å². The zero-order valence-electron chi connectivity index (χ0n) is 14.2. The highest BCUT2D eigenvalue weighted by molar-refractivity contribution is 5.95. The van der Waals surface area contributed by atoms with E-state index in [4.69, 9.17) is 0 Å². The third kappa shape index (κ3) is 3.70. The maximum Gasteiger partial charge on any atom is 0.254 e. The predicted molar refractivity (Wildman–Crippen MR) is 93.4 cm³/mol. The van der Waals surface area contributed by atoms with Crippen molar-refractivity contribution >= 4 is 5.91 Å². The number of carbonyl (C=O) groups is 1. The van der Waals surface area contributed by atoms with Crippen LogP contribution in [0, 0.1) is 24.1 Å². The van der Waals surface area contributed by atoms with Crippen molar-refractivity contribution in [2.75, 3.05) is 26.2 Å². The van der Waals surface area contributed by atoms with Crippen LogP contribution in [-0.4, -0.2) is 41.9 Å². The van der Waals surface area contributed by atoms with Gasteiger partial charge < -0.3 is 4.90 Å². The number of rotatable bonds is 3. The van der Waals surface area contributed by atoms with E-state index in [0.29, 0.717) is 26.2 Å². The van der Waals surface area contributed by atoms with Gasteiger partial charge in [-0.3, -0.25) is 9.69 Å². The Morgan fingerprint density at radius 3 is 2.32 bits per heavy atom. The summed E-state index contributed by atoms with van der Waals surface area (Å²) in [5.41, 5.74) is 2.48. The van der Waals surface area contributed by atoms with Gasteiger partial charge in [0.15, 0.2) is 0 Å². The lowest BCUT2D eigenvalue weighted by Gasteiger charge is -2.37. The van der Waals surface area contributed by atoms with Crippen molar-refractivity contribution in [2.45, 2.75) is 13.0 Å². The molecule has 1 unspecified atom stereocenters. The smallest absolute Gasteiger partial charge is 0.254 e. The summed E-state index contributed by atoms with van der Waals surface area (Å²) in [7, 11) is 0. The Morgan fingerprint density at radius 2 is 1.72 bits per heavy atom. The molecule has 0 bridgehead atoms. The summed E-state index contributed by atoms with van der Waals surface area (Å²) in [6.07, 6.45) is 0. The second-order valence-corrected chi connectivity index (χ2v) is 6.23. The molecule has 5 heteroatoms. The summed E-state index contributed by atoms with van der Waals surface area (Å²) >= 11 is 0. The summed E-state index contributed by atoms with van der Waals surface area (Å²) in [5, 5.41) is 9.52. The standard InChI is InChI=1S/C20H20FN3O/c1-15-4-2-3-5-18(15)20(25)24-12-10-23(11-13-24)19(14-22)16-6-8-17(21)9-7-16/h2-9,19H,10-13H2,1H3. The van der Waals surface area contributed by atoms with Gasteiger partial charge in [-0.05, 0) is 36.2 Å². The fourth-order valence-electron chi connectivity index (χ4n) is 3.18. The average molecular weight is 337 g/mol. The molecule has 1 saturated heterocycles. The van der Waals surface area contributed by atoms with E-state index in [2.05, 4.69) is 6.07 Å². The minimum Gasteiger partial charge on any atom is -0.336 e. The van der Waals surface area contributed by atoms with Crippen molar-refractivity contribution in [3.63, 3.8) is 0 Å². The molecule has 1 fully saturated rings. The van der Waals surface area contributed by atoms with Crippen LogP contribution >= 0.6 is 0 Å². The van der Waals surface area contributed by atoms with Gasteiger partial charge in [-0.15, -0.1) is 0 Å². The van der Waals surface area contributed by atoms with Gasteiger partial charge in [-0.1, -0.05) is 30.3 Å². The van der Waals surface area contributed by atoms with Gasteiger partial charge >= 0.3 is 0 Å². The van der Waals surface area contributed by atoms with Crippen molar-refractivity contribution in [3.8, 4) is 6.07 Å². The molecule has 0 saturated carbocycles. The Kier molecular flexibility index (Phi) is 5.11. The second-order valence-electron chi connectivity index (χ2n) is 6.23. The van der Waals surface area contributed by atoms with Gasteiger partial charge in [-0.2, -0.15) is 5.26 Å². The molecule has 1 heterocycles. The van der Waals surface area contributed by atoms with Crippen LogP contribution in [0.25, 0.3) is 0 Å². The van der Waals surface area contributed by atoms with E-state index >= 15 is 0 Å². The van der Waals surface area contributed by atoms with Crippen LogP contribution in [0.5, 0.6) is 0 Å². The molecule has 0 aliphatic carbocycles. The number of amides is 1. The van der Waals surface area contributed by atoms with E-state index in [1.54, 1.807) is 12.1 Å². The Morgan fingerprint density at radius 1 is 1.08 bits per heavy atom. The lowest BCUT2D eigenvalue weighted by Crippen LogP contribution is -2.49. The lowest BCUT2D eigenvalue weighted by atomic mass is 10.0. The van der Waals surface area contributed by atoms with E-state index in [-0.39, 0.29) is 11.7 Å². The first-order chi connectivity index (χ1) is 12.1. The van der Waals surface area contributed by atoms with Crippen molar-refractivity contribution in [1.29, 1.82) is 5.26 Å². The van der Waals surface area contributed by atoms with Crippen LogP contribution in [0.3, 0.4) is 0 Å². The number of piperazine rings is 1. The Labute approximate surface area is 147 Å². The fraction of sp³-hybridized carbons (Fsp3) is 0.300. The number of nitriles is 1. The molecule has 128 valence electrons. The van der Waals surface area contributed by atoms with E-state index in [1.807, 2.05) is 41.0 Å². The second kappa shape index (κ2) is 7.45. The Bertz CT molecular complexity index is 789. The molecule has 0 spiro atoms. The molecular formula is C20H20FN3O. The highest BCUT2D eigenvalue weighted by Crippen LogP contribution is 2.22. The first kappa shape index (κ1) is 17.1. The van der Waals surface area contributed by atoms with Crippen molar-refractivity contribution < 1.29 is 9.18 Å². The zero-order chi connectivity index (χ0) is 17.8. The number of nitrogens with zero attached hydrogens (tertiary/aromatic N) is 3. The van der Waals surface area contributed by atoms with Gasteiger partial charge in [0.05, 0.1) is 6.07 Å². The van der Waals surface area contributed by atoms with E-state index in [1.165, 1.54) is 12.1 Å². The molecule has 25 heavy (non-hydrogen) atoms. The summed E-state index contributed by atoms with van der Waals surface area (Å²) in [6.45, 7) is 4.32. The molecule has 2 aromatic carbocycles. The van der Waals surface area contributed by atoms with Gasteiger partial charge in [0.1, 0.15) is 11.9 Å². The third-order valence-electron chi connectivity index (χ3n) is 4.65. The molecular weight excluding hydrogens is 317 g/mol. The third-order valence-corrected chi connectivity index (χ3v) is 4.65. The molecule has 0 radical (unpaired) electrons. The Hall–Kier alpha value is -2.71. The molecule has 2 aromatic rings. The maximum absolute atomic E-state index is 13.1. The topological polar surface area (TPSA) is 47.3 Å². The lowest BCUT2D eigenvalue weighted by molar-refractivity contribution is 0.0605. The number of benzene rings is 2. The van der Waals surface area contributed by atoms with Crippen molar-refractivity contribution in [1.82, 2.24) is 9.80 Å².